The van der Waals surface area contributed by atoms with Crippen LogP contribution in [-0.2, 0) is 9.59 Å². The Hall–Kier alpha value is -1.30. The molecule has 1 aliphatic heterocycles. The predicted octanol–water partition coefficient (Wildman–Crippen LogP) is 1.47. The van der Waals surface area contributed by atoms with Gasteiger partial charge >= 0.3 is 0 Å². The predicted molar refractivity (Wildman–Crippen MR) is 83.8 cm³/mol. The molecule has 3 rings (SSSR count). The van der Waals surface area contributed by atoms with Crippen molar-refractivity contribution in [2.75, 3.05) is 11.4 Å². The van der Waals surface area contributed by atoms with Gasteiger partial charge in [0.05, 0.1) is 5.54 Å². The molecule has 1 heterocycles. The van der Waals surface area contributed by atoms with Crippen LogP contribution in [0.5, 0.6) is 0 Å². The maximum absolute atomic E-state index is 12.3. The van der Waals surface area contributed by atoms with Crippen molar-refractivity contribution in [3.63, 3.8) is 0 Å². The lowest BCUT2D eigenvalue weighted by molar-refractivity contribution is -0.127. The summed E-state index contributed by atoms with van der Waals surface area (Å²) in [4.78, 5) is 25.9. The number of nitrogens with zero attached hydrogens (tertiary/aromatic N) is 1. The molecule has 1 unspecified atom stereocenters. The summed E-state index contributed by atoms with van der Waals surface area (Å²) in [6.07, 6.45) is 1.97. The third-order valence-corrected chi connectivity index (χ3v) is 4.11. The number of anilines is 1. The van der Waals surface area contributed by atoms with Crippen LogP contribution in [0.4, 0.5) is 5.69 Å². The van der Waals surface area contributed by atoms with Crippen LogP contribution in [0.3, 0.4) is 0 Å². The van der Waals surface area contributed by atoms with E-state index in [0.717, 1.165) is 5.69 Å². The van der Waals surface area contributed by atoms with Gasteiger partial charge in [0.1, 0.15) is 6.04 Å². The van der Waals surface area contributed by atoms with E-state index in [-0.39, 0.29) is 24.2 Å². The Bertz CT molecular complexity index is 575. The molecule has 0 radical (unpaired) electrons. The number of amides is 2. The van der Waals surface area contributed by atoms with Crippen molar-refractivity contribution in [1.82, 2.24) is 5.32 Å². The molecule has 2 aliphatic rings. The summed E-state index contributed by atoms with van der Waals surface area (Å²) >= 11 is 5.94. The second-order valence-corrected chi connectivity index (χ2v) is 5.88. The molecule has 2 amide bonds. The zero-order valence-corrected chi connectivity index (χ0v) is 12.9. The Morgan fingerprint density at radius 3 is 2.76 bits per heavy atom. The van der Waals surface area contributed by atoms with Crippen LogP contribution < -0.4 is 16.0 Å². The van der Waals surface area contributed by atoms with E-state index in [0.29, 0.717) is 30.8 Å². The highest BCUT2D eigenvalue weighted by molar-refractivity contribution is 6.31. The van der Waals surface area contributed by atoms with Crippen molar-refractivity contribution in [1.29, 1.82) is 0 Å². The molecule has 7 heteroatoms. The van der Waals surface area contributed by atoms with Crippen molar-refractivity contribution in [2.24, 2.45) is 5.73 Å². The number of hydrogen-bond acceptors (Lipinski definition) is 3. The molecule has 1 saturated carbocycles. The van der Waals surface area contributed by atoms with Gasteiger partial charge in [-0.15, -0.1) is 12.4 Å². The van der Waals surface area contributed by atoms with Crippen LogP contribution in [0.1, 0.15) is 19.3 Å². The number of halogens is 2. The zero-order valence-electron chi connectivity index (χ0n) is 11.3. The summed E-state index contributed by atoms with van der Waals surface area (Å²) in [5.41, 5.74) is 5.84. The maximum atomic E-state index is 12.3. The molecule has 1 saturated heterocycles. The normalized spacial score (nSPS) is 22.7. The van der Waals surface area contributed by atoms with Crippen LogP contribution in [0.15, 0.2) is 24.3 Å². The van der Waals surface area contributed by atoms with Crippen LogP contribution in [0.2, 0.25) is 5.02 Å². The third kappa shape index (κ3) is 3.15. The molecule has 2 fully saturated rings. The fourth-order valence-corrected chi connectivity index (χ4v) is 2.56. The summed E-state index contributed by atoms with van der Waals surface area (Å²) in [7, 11) is 0. The van der Waals surface area contributed by atoms with E-state index in [1.54, 1.807) is 23.1 Å². The number of nitrogens with one attached hydrogen (secondary N) is 1. The first-order valence-electron chi connectivity index (χ1n) is 6.66. The molecule has 1 aromatic carbocycles. The van der Waals surface area contributed by atoms with Gasteiger partial charge in [0.15, 0.2) is 0 Å². The van der Waals surface area contributed by atoms with Crippen molar-refractivity contribution in [3.05, 3.63) is 29.3 Å². The molecule has 3 N–H and O–H groups in total. The summed E-state index contributed by atoms with van der Waals surface area (Å²) in [6, 6.07) is 6.66. The lowest BCUT2D eigenvalue weighted by Crippen LogP contribution is -2.49. The van der Waals surface area contributed by atoms with Crippen LogP contribution >= 0.6 is 24.0 Å². The topological polar surface area (TPSA) is 75.4 Å². The van der Waals surface area contributed by atoms with E-state index in [1.165, 1.54) is 0 Å². The SMILES string of the molecule is Cl.NC1(C(=O)NC2CCN(c3cccc(Cl)c3)C2=O)CC1. The quantitative estimate of drug-likeness (QED) is 0.881. The number of rotatable bonds is 3. The first-order valence-corrected chi connectivity index (χ1v) is 7.04. The second kappa shape index (κ2) is 5.83. The average Bonchev–Trinajstić information content (AvgIpc) is 3.07. The lowest BCUT2D eigenvalue weighted by Gasteiger charge is -2.18. The maximum Gasteiger partial charge on any atom is 0.249 e. The van der Waals surface area contributed by atoms with E-state index in [2.05, 4.69) is 5.32 Å². The monoisotopic (exact) mass is 329 g/mol. The number of benzene rings is 1. The van der Waals surface area contributed by atoms with Gasteiger partial charge in [-0.1, -0.05) is 17.7 Å². The third-order valence-electron chi connectivity index (χ3n) is 3.87. The highest BCUT2D eigenvalue weighted by Crippen LogP contribution is 2.33. The van der Waals surface area contributed by atoms with E-state index >= 15 is 0 Å². The molecule has 0 bridgehead atoms. The minimum Gasteiger partial charge on any atom is -0.343 e. The second-order valence-electron chi connectivity index (χ2n) is 5.44. The molecule has 5 nitrogen and oxygen atoms in total. The highest BCUT2D eigenvalue weighted by Gasteiger charge is 2.47. The largest absolute Gasteiger partial charge is 0.343 e. The van der Waals surface area contributed by atoms with Gasteiger partial charge in [-0.05, 0) is 37.5 Å². The standard InChI is InChI=1S/C14H16ClN3O2.ClH/c15-9-2-1-3-10(8-9)18-7-4-11(12(18)19)17-13(20)14(16)5-6-14;/h1-3,8,11H,4-7,16H2,(H,17,20);1H. The Balaban J connectivity index is 0.00000161. The van der Waals surface area contributed by atoms with Gasteiger partial charge in [-0.2, -0.15) is 0 Å². The van der Waals surface area contributed by atoms with Gasteiger partial charge in [-0.25, -0.2) is 0 Å². The van der Waals surface area contributed by atoms with E-state index in [1.807, 2.05) is 6.07 Å². The van der Waals surface area contributed by atoms with E-state index < -0.39 is 11.6 Å². The van der Waals surface area contributed by atoms with E-state index in [9.17, 15) is 9.59 Å². The zero-order chi connectivity index (χ0) is 14.3. The lowest BCUT2D eigenvalue weighted by atomic mass is 10.2. The van der Waals surface area contributed by atoms with E-state index in [4.69, 9.17) is 17.3 Å². The minimum atomic E-state index is -0.746. The van der Waals surface area contributed by atoms with Crippen molar-refractivity contribution < 1.29 is 9.59 Å². The van der Waals surface area contributed by atoms with Crippen LogP contribution in [-0.4, -0.2) is 29.9 Å². The number of carbonyl (C=O) groups excluding carboxylic acids is 2. The molecule has 1 aliphatic carbocycles. The number of carbonyl (C=O) groups is 2. The summed E-state index contributed by atoms with van der Waals surface area (Å²) in [5, 5.41) is 3.34. The molecular formula is C14H17Cl2N3O2. The molecule has 21 heavy (non-hydrogen) atoms. The first kappa shape index (κ1) is 16.1. The first-order chi connectivity index (χ1) is 9.49. The van der Waals surface area contributed by atoms with Gasteiger partial charge in [0.25, 0.3) is 0 Å². The van der Waals surface area contributed by atoms with Crippen LogP contribution in [0.25, 0.3) is 0 Å². The molecule has 1 aromatic rings. The van der Waals surface area contributed by atoms with Gasteiger partial charge in [0.2, 0.25) is 11.8 Å². The Morgan fingerprint density at radius 1 is 1.43 bits per heavy atom. The Kier molecular flexibility index (Phi) is 4.46. The number of nitrogens with two attached hydrogens (primary N) is 1. The highest BCUT2D eigenvalue weighted by atomic mass is 35.5. The van der Waals surface area contributed by atoms with Gasteiger partial charge in [0, 0.05) is 17.3 Å². The smallest absolute Gasteiger partial charge is 0.249 e. The summed E-state index contributed by atoms with van der Waals surface area (Å²) in [5.74, 6) is -0.325. The molecule has 0 aromatic heterocycles. The average molecular weight is 330 g/mol. The molecular weight excluding hydrogens is 313 g/mol. The Morgan fingerprint density at radius 2 is 2.14 bits per heavy atom. The molecule has 0 spiro atoms. The van der Waals surface area contributed by atoms with Crippen molar-refractivity contribution in [3.8, 4) is 0 Å². The summed E-state index contributed by atoms with van der Waals surface area (Å²) < 4.78 is 0. The van der Waals surface area contributed by atoms with Gasteiger partial charge in [-0.3, -0.25) is 9.59 Å². The molecule has 114 valence electrons. The Labute approximate surface area is 134 Å². The fourth-order valence-electron chi connectivity index (χ4n) is 2.38. The van der Waals surface area contributed by atoms with Crippen molar-refractivity contribution >= 4 is 41.5 Å². The fraction of sp³-hybridized carbons (Fsp3) is 0.429. The van der Waals surface area contributed by atoms with Gasteiger partial charge < -0.3 is 16.0 Å². The van der Waals surface area contributed by atoms with Crippen LogP contribution in [0, 0.1) is 0 Å². The summed E-state index contributed by atoms with van der Waals surface area (Å²) in [6.45, 7) is 0.571. The number of hydrogen-bond donors (Lipinski definition) is 2. The molecule has 1 atom stereocenters. The van der Waals surface area contributed by atoms with Crippen molar-refractivity contribution in [2.45, 2.75) is 30.8 Å². The minimum absolute atomic E-state index is 0.